The highest BCUT2D eigenvalue weighted by Gasteiger charge is 2.09. The fraction of sp³-hybridized carbons (Fsp3) is 0.176. The number of imidazole rings is 1. The summed E-state index contributed by atoms with van der Waals surface area (Å²) in [6, 6.07) is 11.5. The lowest BCUT2D eigenvalue weighted by Crippen LogP contribution is -2.24. The van der Waals surface area contributed by atoms with Crippen LogP contribution < -0.4 is 5.32 Å². The van der Waals surface area contributed by atoms with E-state index >= 15 is 0 Å². The zero-order valence-corrected chi connectivity index (χ0v) is 14.0. The van der Waals surface area contributed by atoms with Gasteiger partial charge in [-0.1, -0.05) is 23.7 Å². The molecule has 4 nitrogen and oxygen atoms in total. The SMILES string of the molecule is O=C(NCCCn1ccnc1)c1ccc(-c2ccc(Cl)cc2)s1. The second-order valence-corrected chi connectivity index (χ2v) is 6.60. The zero-order chi connectivity index (χ0) is 16.1. The predicted molar refractivity (Wildman–Crippen MR) is 93.9 cm³/mol. The highest BCUT2D eigenvalue weighted by molar-refractivity contribution is 7.17. The molecule has 3 aromatic rings. The van der Waals surface area contributed by atoms with Gasteiger partial charge in [-0.25, -0.2) is 4.98 Å². The monoisotopic (exact) mass is 345 g/mol. The Morgan fingerprint density at radius 2 is 2.04 bits per heavy atom. The van der Waals surface area contributed by atoms with Crippen LogP contribution in [0.25, 0.3) is 10.4 Å². The van der Waals surface area contributed by atoms with Crippen LogP contribution >= 0.6 is 22.9 Å². The van der Waals surface area contributed by atoms with E-state index in [4.69, 9.17) is 11.6 Å². The van der Waals surface area contributed by atoms with E-state index in [1.165, 1.54) is 11.3 Å². The third-order valence-electron chi connectivity index (χ3n) is 3.40. The van der Waals surface area contributed by atoms with Gasteiger partial charge in [0.25, 0.3) is 5.91 Å². The van der Waals surface area contributed by atoms with Crippen molar-refractivity contribution in [2.75, 3.05) is 6.54 Å². The average Bonchev–Trinajstić information content (AvgIpc) is 3.24. The van der Waals surface area contributed by atoms with Crippen molar-refractivity contribution in [2.24, 2.45) is 0 Å². The third kappa shape index (κ3) is 4.21. The first-order valence-corrected chi connectivity index (χ1v) is 8.51. The second-order valence-electron chi connectivity index (χ2n) is 5.08. The van der Waals surface area contributed by atoms with Crippen molar-refractivity contribution in [1.29, 1.82) is 0 Å². The van der Waals surface area contributed by atoms with Crippen molar-refractivity contribution in [3.05, 3.63) is 65.0 Å². The van der Waals surface area contributed by atoms with Crippen LogP contribution in [0.1, 0.15) is 16.1 Å². The molecule has 118 valence electrons. The van der Waals surface area contributed by atoms with Crippen LogP contribution in [0.15, 0.2) is 55.1 Å². The van der Waals surface area contributed by atoms with Gasteiger partial charge in [0, 0.05) is 35.4 Å². The summed E-state index contributed by atoms with van der Waals surface area (Å²) < 4.78 is 2.00. The topological polar surface area (TPSA) is 46.9 Å². The van der Waals surface area contributed by atoms with Gasteiger partial charge in [0.2, 0.25) is 0 Å². The first-order chi connectivity index (χ1) is 11.2. The molecule has 3 rings (SSSR count). The number of amides is 1. The van der Waals surface area contributed by atoms with Gasteiger partial charge in [-0.15, -0.1) is 11.3 Å². The lowest BCUT2D eigenvalue weighted by atomic mass is 10.2. The lowest BCUT2D eigenvalue weighted by molar-refractivity contribution is 0.0957. The molecular weight excluding hydrogens is 330 g/mol. The molecule has 0 radical (unpaired) electrons. The molecular formula is C17H16ClN3OS. The number of rotatable bonds is 6. The molecule has 6 heteroatoms. The van der Waals surface area contributed by atoms with E-state index in [0.29, 0.717) is 11.6 Å². The molecule has 0 bridgehead atoms. The van der Waals surface area contributed by atoms with Crippen LogP contribution in [-0.4, -0.2) is 22.0 Å². The standard InChI is InChI=1S/C17H16ClN3OS/c18-14-4-2-13(3-5-14)15-6-7-16(23-15)17(22)20-8-1-10-21-11-9-19-12-21/h2-7,9,11-12H,1,8,10H2,(H,20,22). The summed E-state index contributed by atoms with van der Waals surface area (Å²) in [4.78, 5) is 17.9. The molecule has 0 spiro atoms. The molecule has 0 unspecified atom stereocenters. The Morgan fingerprint density at radius 3 is 2.78 bits per heavy atom. The van der Waals surface area contributed by atoms with Gasteiger partial charge >= 0.3 is 0 Å². The highest BCUT2D eigenvalue weighted by Crippen LogP contribution is 2.28. The normalized spacial score (nSPS) is 10.7. The summed E-state index contributed by atoms with van der Waals surface area (Å²) in [5.41, 5.74) is 1.07. The Hall–Kier alpha value is -2.11. The maximum Gasteiger partial charge on any atom is 0.261 e. The Balaban J connectivity index is 1.52. The Kier molecular flexibility index (Phi) is 5.10. The van der Waals surface area contributed by atoms with Crippen LogP contribution in [0.3, 0.4) is 0 Å². The summed E-state index contributed by atoms with van der Waals surface area (Å²) in [5.74, 6) is -0.0270. The third-order valence-corrected chi connectivity index (χ3v) is 4.78. The number of carbonyl (C=O) groups is 1. The van der Waals surface area contributed by atoms with E-state index in [2.05, 4.69) is 10.3 Å². The summed E-state index contributed by atoms with van der Waals surface area (Å²) in [6.07, 6.45) is 6.32. The summed E-state index contributed by atoms with van der Waals surface area (Å²) in [6.45, 7) is 1.49. The number of nitrogens with one attached hydrogen (secondary N) is 1. The van der Waals surface area contributed by atoms with Crippen molar-refractivity contribution in [3.8, 4) is 10.4 Å². The molecule has 0 aliphatic heterocycles. The molecule has 0 saturated heterocycles. The Morgan fingerprint density at radius 1 is 1.22 bits per heavy atom. The quantitative estimate of drug-likeness (QED) is 0.684. The Labute approximate surface area is 143 Å². The van der Waals surface area contributed by atoms with Gasteiger partial charge in [0.1, 0.15) is 0 Å². The minimum absolute atomic E-state index is 0.0270. The number of hydrogen-bond donors (Lipinski definition) is 1. The number of aryl methyl sites for hydroxylation is 1. The summed E-state index contributed by atoms with van der Waals surface area (Å²) in [7, 11) is 0. The smallest absolute Gasteiger partial charge is 0.261 e. The van der Waals surface area contributed by atoms with E-state index in [-0.39, 0.29) is 5.91 Å². The summed E-state index contributed by atoms with van der Waals surface area (Å²) >= 11 is 7.38. The molecule has 0 saturated carbocycles. The average molecular weight is 346 g/mol. The van der Waals surface area contributed by atoms with Gasteiger partial charge in [0.05, 0.1) is 11.2 Å². The molecule has 0 aliphatic carbocycles. The van der Waals surface area contributed by atoms with Gasteiger partial charge in [0.15, 0.2) is 0 Å². The van der Waals surface area contributed by atoms with E-state index in [9.17, 15) is 4.79 Å². The number of aromatic nitrogens is 2. The number of carbonyl (C=O) groups excluding carboxylic acids is 1. The maximum absolute atomic E-state index is 12.2. The predicted octanol–water partition coefficient (Wildman–Crippen LogP) is 4.09. The summed E-state index contributed by atoms with van der Waals surface area (Å²) in [5, 5.41) is 3.66. The van der Waals surface area contributed by atoms with Gasteiger partial charge in [-0.3, -0.25) is 4.79 Å². The van der Waals surface area contributed by atoms with Crippen molar-refractivity contribution >= 4 is 28.8 Å². The fourth-order valence-electron chi connectivity index (χ4n) is 2.20. The molecule has 0 fully saturated rings. The maximum atomic E-state index is 12.2. The van der Waals surface area contributed by atoms with Gasteiger partial charge in [-0.05, 0) is 36.2 Å². The number of thiophene rings is 1. The largest absolute Gasteiger partial charge is 0.351 e. The van der Waals surface area contributed by atoms with Crippen molar-refractivity contribution in [3.63, 3.8) is 0 Å². The van der Waals surface area contributed by atoms with Gasteiger partial charge < -0.3 is 9.88 Å². The molecule has 23 heavy (non-hydrogen) atoms. The lowest BCUT2D eigenvalue weighted by Gasteiger charge is -2.04. The second kappa shape index (κ2) is 7.44. The molecule has 0 aliphatic rings. The van der Waals surface area contributed by atoms with Crippen molar-refractivity contribution in [1.82, 2.24) is 14.9 Å². The Bertz CT molecular complexity index is 766. The van der Waals surface area contributed by atoms with E-state index in [1.54, 1.807) is 12.5 Å². The van der Waals surface area contributed by atoms with E-state index < -0.39 is 0 Å². The number of halogens is 1. The van der Waals surface area contributed by atoms with Crippen LogP contribution in [0.2, 0.25) is 5.02 Å². The molecule has 2 heterocycles. The first-order valence-electron chi connectivity index (χ1n) is 7.32. The number of benzene rings is 1. The highest BCUT2D eigenvalue weighted by atomic mass is 35.5. The van der Waals surface area contributed by atoms with Gasteiger partial charge in [-0.2, -0.15) is 0 Å². The molecule has 1 aromatic carbocycles. The van der Waals surface area contributed by atoms with Crippen molar-refractivity contribution in [2.45, 2.75) is 13.0 Å². The van der Waals surface area contributed by atoms with Crippen molar-refractivity contribution < 1.29 is 4.79 Å². The molecule has 0 atom stereocenters. The van der Waals surface area contributed by atoms with E-state index in [0.717, 1.165) is 28.3 Å². The molecule has 2 aromatic heterocycles. The molecule has 1 N–H and O–H groups in total. The number of nitrogens with zero attached hydrogens (tertiary/aromatic N) is 2. The van der Waals surface area contributed by atoms with Crippen LogP contribution in [-0.2, 0) is 6.54 Å². The van der Waals surface area contributed by atoms with E-state index in [1.807, 2.05) is 47.2 Å². The first kappa shape index (κ1) is 15.8. The van der Waals surface area contributed by atoms with Crippen LogP contribution in [0.4, 0.5) is 0 Å². The van der Waals surface area contributed by atoms with Crippen LogP contribution in [0, 0.1) is 0 Å². The fourth-order valence-corrected chi connectivity index (χ4v) is 3.25. The minimum Gasteiger partial charge on any atom is -0.351 e. The molecule has 1 amide bonds. The zero-order valence-electron chi connectivity index (χ0n) is 12.4. The van der Waals surface area contributed by atoms with Crippen LogP contribution in [0.5, 0.6) is 0 Å². The minimum atomic E-state index is -0.0270. The number of hydrogen-bond acceptors (Lipinski definition) is 3.